The second-order valence-electron chi connectivity index (χ2n) is 6.72. The molecule has 21 heavy (non-hydrogen) atoms. The summed E-state index contributed by atoms with van der Waals surface area (Å²) in [5.41, 5.74) is 2.03. The number of nitrogens with one attached hydrogen (secondary N) is 1. The molecule has 0 radical (unpaired) electrons. The van der Waals surface area contributed by atoms with E-state index in [1.54, 1.807) is 6.92 Å². The molecule has 4 heteroatoms. The number of nitrogens with zero attached hydrogens (tertiary/aromatic N) is 1. The molecule has 2 amide bonds. The lowest BCUT2D eigenvalue weighted by Gasteiger charge is -2.32. The number of rotatable bonds is 2. The monoisotopic (exact) mass is 288 g/mol. The highest BCUT2D eigenvalue weighted by molar-refractivity contribution is 5.89. The lowest BCUT2D eigenvalue weighted by molar-refractivity contribution is -0.138. The van der Waals surface area contributed by atoms with Crippen LogP contribution in [0.15, 0.2) is 24.3 Å². The molecule has 1 aromatic carbocycles. The van der Waals surface area contributed by atoms with E-state index in [1.807, 2.05) is 37.8 Å². The van der Waals surface area contributed by atoms with Gasteiger partial charge in [0.15, 0.2) is 0 Å². The molecule has 0 spiro atoms. The van der Waals surface area contributed by atoms with Crippen molar-refractivity contribution < 1.29 is 9.59 Å². The van der Waals surface area contributed by atoms with Crippen LogP contribution in [0.4, 0.5) is 0 Å². The summed E-state index contributed by atoms with van der Waals surface area (Å²) in [6, 6.07) is 7.72. The van der Waals surface area contributed by atoms with Gasteiger partial charge >= 0.3 is 0 Å². The van der Waals surface area contributed by atoms with Crippen molar-refractivity contribution in [2.24, 2.45) is 5.41 Å². The summed E-state index contributed by atoms with van der Waals surface area (Å²) in [6.07, 6.45) is 0.877. The fourth-order valence-corrected chi connectivity index (χ4v) is 2.43. The maximum atomic E-state index is 12.5. The largest absolute Gasteiger partial charge is 0.344 e. The van der Waals surface area contributed by atoms with Gasteiger partial charge in [0, 0.05) is 18.5 Å². The number of fused-ring (bicyclic) bond motifs is 1. The van der Waals surface area contributed by atoms with Crippen molar-refractivity contribution in [1.29, 1.82) is 0 Å². The average Bonchev–Trinajstić information content (AvgIpc) is 2.44. The molecular weight excluding hydrogens is 264 g/mol. The molecule has 2 rings (SSSR count). The topological polar surface area (TPSA) is 49.4 Å². The quantitative estimate of drug-likeness (QED) is 0.906. The molecule has 0 fully saturated rings. The van der Waals surface area contributed by atoms with Crippen LogP contribution in [0, 0.1) is 5.41 Å². The zero-order valence-corrected chi connectivity index (χ0v) is 13.3. The fourth-order valence-electron chi connectivity index (χ4n) is 2.43. The highest BCUT2D eigenvalue weighted by atomic mass is 16.2. The summed E-state index contributed by atoms with van der Waals surface area (Å²) in [5.74, 6) is -0.108. The van der Waals surface area contributed by atoms with Crippen LogP contribution in [0.3, 0.4) is 0 Å². The van der Waals surface area contributed by atoms with Crippen molar-refractivity contribution in [3.05, 3.63) is 35.4 Å². The Morgan fingerprint density at radius 3 is 2.43 bits per heavy atom. The Balaban J connectivity index is 2.00. The minimum Gasteiger partial charge on any atom is -0.344 e. The van der Waals surface area contributed by atoms with E-state index in [-0.39, 0.29) is 11.8 Å². The van der Waals surface area contributed by atoms with Gasteiger partial charge in [-0.15, -0.1) is 0 Å². The number of amides is 2. The molecule has 0 saturated heterocycles. The van der Waals surface area contributed by atoms with Gasteiger partial charge in [0.25, 0.3) is 0 Å². The fraction of sp³-hybridized carbons (Fsp3) is 0.529. The first-order valence-electron chi connectivity index (χ1n) is 7.45. The van der Waals surface area contributed by atoms with Gasteiger partial charge in [-0.3, -0.25) is 9.59 Å². The van der Waals surface area contributed by atoms with Gasteiger partial charge in [0.05, 0.1) is 0 Å². The van der Waals surface area contributed by atoms with Crippen LogP contribution < -0.4 is 5.32 Å². The van der Waals surface area contributed by atoms with Gasteiger partial charge in [0.2, 0.25) is 11.8 Å². The molecule has 0 bridgehead atoms. The van der Waals surface area contributed by atoms with Crippen molar-refractivity contribution in [1.82, 2.24) is 10.2 Å². The molecule has 1 atom stereocenters. The third-order valence-corrected chi connectivity index (χ3v) is 3.84. The Labute approximate surface area is 126 Å². The van der Waals surface area contributed by atoms with Gasteiger partial charge in [-0.05, 0) is 24.5 Å². The Bertz CT molecular complexity index is 546. The highest BCUT2D eigenvalue weighted by Crippen LogP contribution is 2.19. The zero-order valence-electron chi connectivity index (χ0n) is 13.3. The predicted molar refractivity (Wildman–Crippen MR) is 82.6 cm³/mol. The van der Waals surface area contributed by atoms with E-state index in [4.69, 9.17) is 0 Å². The second-order valence-corrected chi connectivity index (χ2v) is 6.72. The van der Waals surface area contributed by atoms with Gasteiger partial charge in [-0.25, -0.2) is 0 Å². The second kappa shape index (κ2) is 5.88. The van der Waals surface area contributed by atoms with Crippen LogP contribution in [0.5, 0.6) is 0 Å². The van der Waals surface area contributed by atoms with Gasteiger partial charge in [-0.2, -0.15) is 0 Å². The summed E-state index contributed by atoms with van der Waals surface area (Å²) in [4.78, 5) is 26.3. The third kappa shape index (κ3) is 3.63. The van der Waals surface area contributed by atoms with Crippen LogP contribution in [0.25, 0.3) is 0 Å². The van der Waals surface area contributed by atoms with E-state index in [2.05, 4.69) is 17.4 Å². The Morgan fingerprint density at radius 1 is 1.19 bits per heavy atom. The zero-order chi connectivity index (χ0) is 15.6. The Kier molecular flexibility index (Phi) is 4.35. The predicted octanol–water partition coefficient (Wildman–Crippen LogP) is 2.12. The molecular formula is C17H24N2O2. The van der Waals surface area contributed by atoms with Crippen molar-refractivity contribution in [3.8, 4) is 0 Å². The van der Waals surface area contributed by atoms with Gasteiger partial charge < -0.3 is 10.2 Å². The summed E-state index contributed by atoms with van der Waals surface area (Å²) in [7, 11) is 0. The van der Waals surface area contributed by atoms with E-state index in [9.17, 15) is 9.59 Å². The molecule has 1 aliphatic heterocycles. The lowest BCUT2D eigenvalue weighted by Crippen LogP contribution is -2.50. The molecule has 114 valence electrons. The maximum Gasteiger partial charge on any atom is 0.245 e. The van der Waals surface area contributed by atoms with Crippen molar-refractivity contribution in [2.75, 3.05) is 6.54 Å². The summed E-state index contributed by atoms with van der Waals surface area (Å²) < 4.78 is 0. The number of carbonyl (C=O) groups excluding carboxylic acids is 2. The normalized spacial score (nSPS) is 16.1. The third-order valence-electron chi connectivity index (χ3n) is 3.84. The summed E-state index contributed by atoms with van der Waals surface area (Å²) in [5, 5.41) is 2.81. The Morgan fingerprint density at radius 2 is 1.81 bits per heavy atom. The van der Waals surface area contributed by atoms with E-state index < -0.39 is 11.5 Å². The van der Waals surface area contributed by atoms with Crippen LogP contribution in [-0.4, -0.2) is 29.3 Å². The minimum atomic E-state index is -0.484. The summed E-state index contributed by atoms with van der Waals surface area (Å²) in [6.45, 7) is 8.63. The van der Waals surface area contributed by atoms with Crippen molar-refractivity contribution in [2.45, 2.75) is 46.7 Å². The molecule has 0 unspecified atom stereocenters. The van der Waals surface area contributed by atoms with Crippen LogP contribution in [0.2, 0.25) is 0 Å². The van der Waals surface area contributed by atoms with Crippen LogP contribution in [-0.2, 0) is 22.6 Å². The van der Waals surface area contributed by atoms with Crippen molar-refractivity contribution >= 4 is 11.8 Å². The molecule has 0 saturated carbocycles. The lowest BCUT2D eigenvalue weighted by atomic mass is 9.95. The van der Waals surface area contributed by atoms with E-state index >= 15 is 0 Å². The number of carbonyl (C=O) groups is 2. The summed E-state index contributed by atoms with van der Waals surface area (Å²) >= 11 is 0. The number of hydrogen-bond acceptors (Lipinski definition) is 2. The molecule has 1 heterocycles. The van der Waals surface area contributed by atoms with Crippen LogP contribution >= 0.6 is 0 Å². The van der Waals surface area contributed by atoms with E-state index in [1.165, 1.54) is 11.1 Å². The first-order valence-corrected chi connectivity index (χ1v) is 7.45. The molecule has 0 aliphatic carbocycles. The standard InChI is InChI=1S/C17H24N2O2/c1-12(18-16(21)17(2,3)4)15(20)19-10-9-13-7-5-6-8-14(13)11-19/h5-8,12H,9-11H2,1-4H3,(H,18,21)/t12-/m1/s1. The number of benzene rings is 1. The first kappa shape index (κ1) is 15.5. The molecule has 1 N–H and O–H groups in total. The van der Waals surface area contributed by atoms with E-state index in [0.717, 1.165) is 6.42 Å². The first-order chi connectivity index (χ1) is 9.79. The minimum absolute atomic E-state index is 0.0119. The molecule has 0 aromatic heterocycles. The Hall–Kier alpha value is -1.84. The molecule has 4 nitrogen and oxygen atoms in total. The average molecular weight is 288 g/mol. The van der Waals surface area contributed by atoms with Crippen LogP contribution in [0.1, 0.15) is 38.8 Å². The molecule has 1 aliphatic rings. The highest BCUT2D eigenvalue weighted by Gasteiger charge is 2.28. The smallest absolute Gasteiger partial charge is 0.245 e. The maximum absolute atomic E-state index is 12.5. The van der Waals surface area contributed by atoms with Gasteiger partial charge in [-0.1, -0.05) is 45.0 Å². The molecule has 1 aromatic rings. The number of hydrogen-bond donors (Lipinski definition) is 1. The van der Waals surface area contributed by atoms with Gasteiger partial charge in [0.1, 0.15) is 6.04 Å². The van der Waals surface area contributed by atoms with Crippen molar-refractivity contribution in [3.63, 3.8) is 0 Å². The van der Waals surface area contributed by atoms with E-state index in [0.29, 0.717) is 13.1 Å². The SMILES string of the molecule is C[C@@H](NC(=O)C(C)(C)C)C(=O)N1CCc2ccccc2C1.